The molecule has 3 N–H and O–H groups in total. The Hall–Kier alpha value is -3.19. The third-order valence-corrected chi connectivity index (χ3v) is 4.93. The number of hydrogen-bond donors (Lipinski definition) is 2. The van der Waals surface area contributed by atoms with E-state index in [0.29, 0.717) is 29.7 Å². The number of hydrogen-bond acceptors (Lipinski definition) is 6. The van der Waals surface area contributed by atoms with Gasteiger partial charge in [0.2, 0.25) is 5.95 Å². The maximum atomic E-state index is 13.2. The van der Waals surface area contributed by atoms with Crippen LogP contribution in [0.3, 0.4) is 0 Å². The summed E-state index contributed by atoms with van der Waals surface area (Å²) >= 11 is 0. The SMILES string of the molecule is CN(C)CCNc1ccc2nc(N)nc(C(=O)N3Cc4ccccc4C3)c2c1. The van der Waals surface area contributed by atoms with Crippen molar-refractivity contribution in [3.8, 4) is 0 Å². The van der Waals surface area contributed by atoms with Crippen molar-refractivity contribution in [2.75, 3.05) is 38.2 Å². The second-order valence-electron chi connectivity index (χ2n) is 7.32. The Bertz CT molecular complexity index is 1010. The molecule has 7 nitrogen and oxygen atoms in total. The molecule has 4 rings (SSSR count). The molecule has 2 heterocycles. The zero-order valence-corrected chi connectivity index (χ0v) is 16.1. The maximum Gasteiger partial charge on any atom is 0.273 e. The zero-order chi connectivity index (χ0) is 19.7. The molecule has 144 valence electrons. The van der Waals surface area contributed by atoms with E-state index >= 15 is 0 Å². The minimum Gasteiger partial charge on any atom is -0.384 e. The van der Waals surface area contributed by atoms with Crippen molar-refractivity contribution >= 4 is 28.4 Å². The Balaban J connectivity index is 1.64. The van der Waals surface area contributed by atoms with Crippen LogP contribution in [0.5, 0.6) is 0 Å². The maximum absolute atomic E-state index is 13.2. The van der Waals surface area contributed by atoms with Crippen LogP contribution < -0.4 is 11.1 Å². The average Bonchev–Trinajstić information content (AvgIpc) is 3.11. The van der Waals surface area contributed by atoms with Gasteiger partial charge in [-0.3, -0.25) is 4.79 Å². The molecule has 2 aromatic carbocycles. The monoisotopic (exact) mass is 376 g/mol. The van der Waals surface area contributed by atoms with E-state index in [1.54, 1.807) is 4.90 Å². The van der Waals surface area contributed by atoms with Gasteiger partial charge in [-0.1, -0.05) is 24.3 Å². The summed E-state index contributed by atoms with van der Waals surface area (Å²) in [5, 5.41) is 4.09. The molecule has 28 heavy (non-hydrogen) atoms. The van der Waals surface area contributed by atoms with Gasteiger partial charge in [0.15, 0.2) is 0 Å². The number of carbonyl (C=O) groups excluding carboxylic acids is 1. The molecule has 0 radical (unpaired) electrons. The fraction of sp³-hybridized carbons (Fsp3) is 0.286. The molecule has 0 unspecified atom stereocenters. The van der Waals surface area contributed by atoms with Gasteiger partial charge >= 0.3 is 0 Å². The van der Waals surface area contributed by atoms with Gasteiger partial charge in [-0.2, -0.15) is 0 Å². The molecule has 3 aromatic rings. The summed E-state index contributed by atoms with van der Waals surface area (Å²) in [7, 11) is 4.06. The predicted octanol–water partition coefficient (Wildman–Crippen LogP) is 2.34. The second-order valence-corrected chi connectivity index (χ2v) is 7.32. The number of benzene rings is 2. The Kier molecular flexibility index (Phi) is 4.83. The lowest BCUT2D eigenvalue weighted by atomic mass is 10.1. The second kappa shape index (κ2) is 7.44. The van der Waals surface area contributed by atoms with Gasteiger partial charge in [-0.15, -0.1) is 0 Å². The largest absolute Gasteiger partial charge is 0.384 e. The van der Waals surface area contributed by atoms with E-state index in [1.165, 1.54) is 11.1 Å². The van der Waals surface area contributed by atoms with Gasteiger partial charge < -0.3 is 20.9 Å². The van der Waals surface area contributed by atoms with Crippen LogP contribution >= 0.6 is 0 Å². The molecule has 1 aromatic heterocycles. The van der Waals surface area contributed by atoms with Crippen LogP contribution in [-0.4, -0.2) is 52.9 Å². The van der Waals surface area contributed by atoms with Crippen molar-refractivity contribution in [3.63, 3.8) is 0 Å². The van der Waals surface area contributed by atoms with Crippen LogP contribution in [0, 0.1) is 0 Å². The van der Waals surface area contributed by atoms with E-state index in [-0.39, 0.29) is 11.9 Å². The number of likely N-dealkylation sites (N-methyl/N-ethyl adjacent to an activating group) is 1. The highest BCUT2D eigenvalue weighted by Crippen LogP contribution is 2.27. The van der Waals surface area contributed by atoms with E-state index in [0.717, 1.165) is 18.8 Å². The molecule has 0 spiro atoms. The number of fused-ring (bicyclic) bond motifs is 2. The number of aromatic nitrogens is 2. The van der Waals surface area contributed by atoms with Gasteiger partial charge in [0.25, 0.3) is 5.91 Å². The normalized spacial score (nSPS) is 13.2. The first-order valence-electron chi connectivity index (χ1n) is 9.33. The van der Waals surface area contributed by atoms with Crippen LogP contribution in [0.2, 0.25) is 0 Å². The molecular formula is C21H24N6O. The summed E-state index contributed by atoms with van der Waals surface area (Å²) in [5.74, 6) is -0.0124. The first-order chi connectivity index (χ1) is 13.5. The number of nitrogens with one attached hydrogen (secondary N) is 1. The third kappa shape index (κ3) is 3.61. The Labute approximate surface area is 164 Å². The van der Waals surface area contributed by atoms with E-state index in [9.17, 15) is 4.79 Å². The first kappa shape index (κ1) is 18.2. The molecule has 1 amide bonds. The minimum atomic E-state index is -0.124. The Morgan fingerprint density at radius 2 is 1.86 bits per heavy atom. The average molecular weight is 376 g/mol. The number of anilines is 2. The fourth-order valence-corrected chi connectivity index (χ4v) is 3.47. The fourth-order valence-electron chi connectivity index (χ4n) is 3.47. The molecule has 0 saturated carbocycles. The topological polar surface area (TPSA) is 87.4 Å². The summed E-state index contributed by atoms with van der Waals surface area (Å²) in [6.45, 7) is 2.88. The number of rotatable bonds is 5. The van der Waals surface area contributed by atoms with Crippen LogP contribution in [0.25, 0.3) is 10.9 Å². The van der Waals surface area contributed by atoms with Crippen molar-refractivity contribution in [2.45, 2.75) is 13.1 Å². The molecule has 0 fully saturated rings. The smallest absolute Gasteiger partial charge is 0.273 e. The van der Waals surface area contributed by atoms with Crippen LogP contribution in [0.1, 0.15) is 21.6 Å². The lowest BCUT2D eigenvalue weighted by Gasteiger charge is -2.17. The quantitative estimate of drug-likeness (QED) is 0.711. The van der Waals surface area contributed by atoms with E-state index < -0.39 is 0 Å². The Morgan fingerprint density at radius 1 is 1.14 bits per heavy atom. The van der Waals surface area contributed by atoms with Crippen molar-refractivity contribution in [1.29, 1.82) is 0 Å². The highest BCUT2D eigenvalue weighted by atomic mass is 16.2. The van der Waals surface area contributed by atoms with Gasteiger partial charge in [-0.25, -0.2) is 9.97 Å². The predicted molar refractivity (Wildman–Crippen MR) is 111 cm³/mol. The minimum absolute atomic E-state index is 0.112. The van der Waals surface area contributed by atoms with Crippen molar-refractivity contribution in [3.05, 3.63) is 59.3 Å². The lowest BCUT2D eigenvalue weighted by Crippen LogP contribution is -2.27. The van der Waals surface area contributed by atoms with E-state index in [2.05, 4.69) is 32.3 Å². The summed E-state index contributed by atoms with van der Waals surface area (Å²) in [6, 6.07) is 13.9. The molecule has 0 aliphatic carbocycles. The third-order valence-electron chi connectivity index (χ3n) is 4.93. The highest BCUT2D eigenvalue weighted by Gasteiger charge is 2.26. The van der Waals surface area contributed by atoms with Gasteiger partial charge in [0, 0.05) is 37.3 Å². The standard InChI is InChI=1S/C21H24N6O/c1-26(2)10-9-23-16-7-8-18-17(11-16)19(25-21(22)24-18)20(28)27-12-14-5-3-4-6-15(14)13-27/h3-8,11,23H,9-10,12-13H2,1-2H3,(H2,22,24,25). The van der Waals surface area contributed by atoms with E-state index in [4.69, 9.17) is 5.73 Å². The van der Waals surface area contributed by atoms with Gasteiger partial charge in [0.1, 0.15) is 5.69 Å². The number of carbonyl (C=O) groups is 1. The van der Waals surface area contributed by atoms with Crippen LogP contribution in [0.15, 0.2) is 42.5 Å². The molecule has 7 heteroatoms. The molecule has 0 bridgehead atoms. The van der Waals surface area contributed by atoms with Gasteiger partial charge in [-0.05, 0) is 43.4 Å². The molecule has 1 aliphatic heterocycles. The summed E-state index contributed by atoms with van der Waals surface area (Å²) in [4.78, 5) is 25.8. The summed E-state index contributed by atoms with van der Waals surface area (Å²) in [6.07, 6.45) is 0. The number of nitrogen functional groups attached to an aromatic ring is 1. The number of nitrogens with zero attached hydrogens (tertiary/aromatic N) is 4. The van der Waals surface area contributed by atoms with Crippen molar-refractivity contribution < 1.29 is 4.79 Å². The number of nitrogens with two attached hydrogens (primary N) is 1. The summed E-state index contributed by atoms with van der Waals surface area (Å²) < 4.78 is 0. The molecular weight excluding hydrogens is 352 g/mol. The number of amides is 1. The molecule has 1 aliphatic rings. The van der Waals surface area contributed by atoms with E-state index in [1.807, 2.05) is 44.4 Å². The van der Waals surface area contributed by atoms with Gasteiger partial charge in [0.05, 0.1) is 5.52 Å². The van der Waals surface area contributed by atoms with Crippen molar-refractivity contribution in [1.82, 2.24) is 19.8 Å². The Morgan fingerprint density at radius 3 is 2.54 bits per heavy atom. The van der Waals surface area contributed by atoms with Crippen molar-refractivity contribution in [2.24, 2.45) is 0 Å². The molecule has 0 atom stereocenters. The first-order valence-corrected chi connectivity index (χ1v) is 9.33. The molecule has 0 saturated heterocycles. The highest BCUT2D eigenvalue weighted by molar-refractivity contribution is 6.05. The summed E-state index contributed by atoms with van der Waals surface area (Å²) in [5.41, 5.74) is 10.2. The zero-order valence-electron chi connectivity index (χ0n) is 16.1. The lowest BCUT2D eigenvalue weighted by molar-refractivity contribution is 0.0747. The van der Waals surface area contributed by atoms with Crippen LogP contribution in [0.4, 0.5) is 11.6 Å². The van der Waals surface area contributed by atoms with Crippen LogP contribution in [-0.2, 0) is 13.1 Å².